The summed E-state index contributed by atoms with van der Waals surface area (Å²) in [5, 5.41) is 0. The molecule has 1 aliphatic carbocycles. The average molecular weight is 310 g/mol. The summed E-state index contributed by atoms with van der Waals surface area (Å²) in [5.74, 6) is 0.994. The van der Waals surface area contributed by atoms with Crippen LogP contribution >= 0.6 is 0 Å². The van der Waals surface area contributed by atoms with Crippen molar-refractivity contribution in [2.45, 2.75) is 31.2 Å². The summed E-state index contributed by atoms with van der Waals surface area (Å²) in [6.45, 7) is 2.04. The van der Waals surface area contributed by atoms with E-state index in [4.69, 9.17) is 4.74 Å². The Morgan fingerprint density at radius 2 is 1.96 bits per heavy atom. The van der Waals surface area contributed by atoms with E-state index in [9.17, 15) is 4.79 Å². The lowest BCUT2D eigenvalue weighted by atomic mass is 9.93. The predicted molar refractivity (Wildman–Crippen MR) is 89.3 cm³/mol. The number of carbonyl (C=O) groups is 1. The van der Waals surface area contributed by atoms with Crippen molar-refractivity contribution in [3.8, 4) is 5.75 Å². The second-order valence-corrected chi connectivity index (χ2v) is 6.19. The van der Waals surface area contributed by atoms with Crippen LogP contribution in [0.3, 0.4) is 0 Å². The largest absolute Gasteiger partial charge is 0.497 e. The number of carbonyl (C=O) groups excluding carboxylic acids is 1. The van der Waals surface area contributed by atoms with Crippen molar-refractivity contribution in [1.29, 1.82) is 0 Å². The van der Waals surface area contributed by atoms with Gasteiger partial charge in [0.1, 0.15) is 5.75 Å². The Hall–Kier alpha value is -2.36. The molecule has 1 heterocycles. The summed E-state index contributed by atoms with van der Waals surface area (Å²) in [6, 6.07) is 11.8. The SMILES string of the molecule is COc1ccc(C2(C(=O)N(C)C(C)c3cccnc3)CC2)cc1. The lowest BCUT2D eigenvalue weighted by Crippen LogP contribution is -2.38. The van der Waals surface area contributed by atoms with Gasteiger partial charge in [0.2, 0.25) is 5.91 Å². The fourth-order valence-electron chi connectivity index (χ4n) is 3.02. The summed E-state index contributed by atoms with van der Waals surface area (Å²) in [6.07, 6.45) is 5.38. The third kappa shape index (κ3) is 2.81. The van der Waals surface area contributed by atoms with Crippen molar-refractivity contribution in [2.75, 3.05) is 14.2 Å². The molecule has 1 aromatic carbocycles. The van der Waals surface area contributed by atoms with Gasteiger partial charge in [0.05, 0.1) is 18.6 Å². The number of methoxy groups -OCH3 is 1. The van der Waals surface area contributed by atoms with E-state index in [-0.39, 0.29) is 17.4 Å². The minimum atomic E-state index is -0.364. The Kier molecular flexibility index (Phi) is 4.07. The first-order chi connectivity index (χ1) is 11.1. The molecule has 4 nitrogen and oxygen atoms in total. The average Bonchev–Trinajstić information content (AvgIpc) is 3.42. The molecule has 4 heteroatoms. The third-order valence-electron chi connectivity index (χ3n) is 4.87. The van der Waals surface area contributed by atoms with E-state index < -0.39 is 0 Å². The molecule has 0 bridgehead atoms. The van der Waals surface area contributed by atoms with Crippen LogP contribution in [0.25, 0.3) is 0 Å². The number of hydrogen-bond acceptors (Lipinski definition) is 3. The van der Waals surface area contributed by atoms with Gasteiger partial charge in [-0.15, -0.1) is 0 Å². The van der Waals surface area contributed by atoms with Crippen molar-refractivity contribution in [2.24, 2.45) is 0 Å². The number of hydrogen-bond donors (Lipinski definition) is 0. The zero-order valence-electron chi connectivity index (χ0n) is 13.8. The zero-order valence-corrected chi connectivity index (χ0v) is 13.8. The maximum absolute atomic E-state index is 13.1. The van der Waals surface area contributed by atoms with Crippen LogP contribution in [-0.2, 0) is 10.2 Å². The van der Waals surface area contributed by atoms with Gasteiger partial charge in [0, 0.05) is 19.4 Å². The summed E-state index contributed by atoms with van der Waals surface area (Å²) in [4.78, 5) is 19.1. The topological polar surface area (TPSA) is 42.4 Å². The molecule has 23 heavy (non-hydrogen) atoms. The van der Waals surface area contributed by atoms with Crippen LogP contribution in [-0.4, -0.2) is 29.9 Å². The number of benzene rings is 1. The number of ether oxygens (including phenoxy) is 1. The highest BCUT2D eigenvalue weighted by Gasteiger charge is 2.53. The van der Waals surface area contributed by atoms with Gasteiger partial charge in [-0.1, -0.05) is 18.2 Å². The Morgan fingerprint density at radius 1 is 1.26 bits per heavy atom. The van der Waals surface area contributed by atoms with Crippen LogP contribution in [0.4, 0.5) is 0 Å². The number of amides is 1. The molecule has 0 saturated heterocycles. The van der Waals surface area contributed by atoms with Crippen molar-refractivity contribution in [1.82, 2.24) is 9.88 Å². The number of likely N-dealkylation sites (N-methyl/N-ethyl adjacent to an activating group) is 1. The molecule has 1 saturated carbocycles. The van der Waals surface area contributed by atoms with Crippen LogP contribution < -0.4 is 4.74 Å². The third-order valence-corrected chi connectivity index (χ3v) is 4.87. The van der Waals surface area contributed by atoms with E-state index in [2.05, 4.69) is 4.98 Å². The molecule has 0 aliphatic heterocycles. The highest BCUT2D eigenvalue weighted by molar-refractivity contribution is 5.91. The molecule has 0 spiro atoms. The minimum Gasteiger partial charge on any atom is -0.497 e. The Balaban J connectivity index is 1.81. The Bertz CT molecular complexity index is 678. The number of pyridine rings is 1. The molecule has 120 valence electrons. The van der Waals surface area contributed by atoms with Crippen LogP contribution in [0.5, 0.6) is 5.75 Å². The first kappa shape index (κ1) is 15.5. The molecule has 1 amide bonds. The van der Waals surface area contributed by atoms with Crippen LogP contribution in [0.15, 0.2) is 48.8 Å². The van der Waals surface area contributed by atoms with Gasteiger partial charge in [-0.05, 0) is 49.1 Å². The fourth-order valence-corrected chi connectivity index (χ4v) is 3.02. The molecule has 1 aromatic heterocycles. The van der Waals surface area contributed by atoms with Gasteiger partial charge >= 0.3 is 0 Å². The standard InChI is InChI=1S/C19H22N2O2/c1-14(15-5-4-12-20-13-15)21(2)18(22)19(10-11-19)16-6-8-17(23-3)9-7-16/h4-9,12-14H,10-11H2,1-3H3. The minimum absolute atomic E-state index is 0.00641. The van der Waals surface area contributed by atoms with Gasteiger partial charge in [0.15, 0.2) is 0 Å². The molecule has 0 N–H and O–H groups in total. The normalized spacial score (nSPS) is 16.5. The molecule has 1 aliphatic rings. The summed E-state index contributed by atoms with van der Waals surface area (Å²) in [7, 11) is 3.53. The van der Waals surface area contributed by atoms with Gasteiger partial charge in [-0.2, -0.15) is 0 Å². The number of aromatic nitrogens is 1. The van der Waals surface area contributed by atoms with E-state index >= 15 is 0 Å². The monoisotopic (exact) mass is 310 g/mol. The lowest BCUT2D eigenvalue weighted by Gasteiger charge is -2.29. The first-order valence-corrected chi connectivity index (χ1v) is 7.90. The lowest BCUT2D eigenvalue weighted by molar-refractivity contribution is -0.134. The van der Waals surface area contributed by atoms with Crippen molar-refractivity contribution >= 4 is 5.91 Å². The highest BCUT2D eigenvalue weighted by Crippen LogP contribution is 2.50. The number of nitrogens with zero attached hydrogens (tertiary/aromatic N) is 2. The molecule has 0 radical (unpaired) electrons. The van der Waals surface area contributed by atoms with Crippen molar-refractivity contribution in [3.05, 3.63) is 59.9 Å². The summed E-state index contributed by atoms with van der Waals surface area (Å²) < 4.78 is 5.20. The quantitative estimate of drug-likeness (QED) is 0.850. The fraction of sp³-hybridized carbons (Fsp3) is 0.368. The Morgan fingerprint density at radius 3 is 2.48 bits per heavy atom. The van der Waals surface area contributed by atoms with Crippen molar-refractivity contribution in [3.63, 3.8) is 0 Å². The predicted octanol–water partition coefficient (Wildman–Crippen LogP) is 3.34. The van der Waals surface area contributed by atoms with Gasteiger partial charge in [0.25, 0.3) is 0 Å². The molecule has 2 aromatic rings. The smallest absolute Gasteiger partial charge is 0.233 e. The van der Waals surface area contributed by atoms with Gasteiger partial charge in [-0.25, -0.2) is 0 Å². The second-order valence-electron chi connectivity index (χ2n) is 6.19. The molecule has 1 fully saturated rings. The van der Waals surface area contributed by atoms with Gasteiger partial charge in [-0.3, -0.25) is 9.78 Å². The maximum atomic E-state index is 13.1. The molecular weight excluding hydrogens is 288 g/mol. The first-order valence-electron chi connectivity index (χ1n) is 7.90. The molecule has 1 atom stereocenters. The molecule has 1 unspecified atom stereocenters. The maximum Gasteiger partial charge on any atom is 0.233 e. The Labute approximate surface area is 137 Å². The van der Waals surface area contributed by atoms with Crippen LogP contribution in [0.2, 0.25) is 0 Å². The summed E-state index contributed by atoms with van der Waals surface area (Å²) >= 11 is 0. The van der Waals surface area contributed by atoms with E-state index in [1.807, 2.05) is 61.5 Å². The highest BCUT2D eigenvalue weighted by atomic mass is 16.5. The zero-order chi connectivity index (χ0) is 16.4. The van der Waals surface area contributed by atoms with E-state index in [1.54, 1.807) is 13.3 Å². The van der Waals surface area contributed by atoms with Crippen molar-refractivity contribution < 1.29 is 9.53 Å². The van der Waals surface area contributed by atoms with Crippen LogP contribution in [0.1, 0.15) is 36.9 Å². The van der Waals surface area contributed by atoms with Gasteiger partial charge < -0.3 is 9.64 Å². The molecule has 3 rings (SSSR count). The van der Waals surface area contributed by atoms with Crippen LogP contribution in [0, 0.1) is 0 Å². The van der Waals surface area contributed by atoms with E-state index in [0.29, 0.717) is 0 Å². The van der Waals surface area contributed by atoms with E-state index in [0.717, 1.165) is 29.7 Å². The summed E-state index contributed by atoms with van der Waals surface area (Å²) in [5.41, 5.74) is 1.76. The molecular formula is C19H22N2O2. The number of rotatable bonds is 5. The van der Waals surface area contributed by atoms with E-state index in [1.165, 1.54) is 0 Å². The second kappa shape index (κ2) is 6.03.